The zero-order valence-corrected chi connectivity index (χ0v) is 12.1. The molecule has 19 heavy (non-hydrogen) atoms. The van der Waals surface area contributed by atoms with Crippen LogP contribution in [0.3, 0.4) is 0 Å². The Kier molecular flexibility index (Phi) is 5.60. The largest absolute Gasteiger partial charge is 0.355 e. The molecule has 5 heteroatoms. The molecule has 0 aromatic rings. The Morgan fingerprint density at radius 1 is 1.26 bits per heavy atom. The first-order chi connectivity index (χ1) is 9.20. The second-order valence-electron chi connectivity index (χ2n) is 5.95. The summed E-state index contributed by atoms with van der Waals surface area (Å²) >= 11 is 0. The van der Waals surface area contributed by atoms with Gasteiger partial charge in [-0.3, -0.25) is 9.69 Å². The van der Waals surface area contributed by atoms with Crippen molar-refractivity contribution in [2.24, 2.45) is 11.7 Å². The molecule has 5 nitrogen and oxygen atoms in total. The molecule has 0 radical (unpaired) electrons. The second kappa shape index (κ2) is 7.22. The van der Waals surface area contributed by atoms with E-state index in [0.717, 1.165) is 25.9 Å². The van der Waals surface area contributed by atoms with Gasteiger partial charge in [0.15, 0.2) is 0 Å². The van der Waals surface area contributed by atoms with Crippen LogP contribution < -0.4 is 11.1 Å². The molecule has 1 atom stereocenters. The highest BCUT2D eigenvalue weighted by Crippen LogP contribution is 2.23. The minimum atomic E-state index is 0.167. The maximum atomic E-state index is 12.0. The molecule has 2 aliphatic rings. The van der Waals surface area contributed by atoms with Gasteiger partial charge in [-0.25, -0.2) is 0 Å². The predicted molar refractivity (Wildman–Crippen MR) is 76.9 cm³/mol. The number of amides is 1. The van der Waals surface area contributed by atoms with Crippen molar-refractivity contribution in [1.29, 1.82) is 0 Å². The fraction of sp³-hybridized carbons (Fsp3) is 0.929. The minimum Gasteiger partial charge on any atom is -0.355 e. The van der Waals surface area contributed by atoms with E-state index >= 15 is 0 Å². The lowest BCUT2D eigenvalue weighted by atomic mass is 9.93. The van der Waals surface area contributed by atoms with Crippen LogP contribution in [0.2, 0.25) is 0 Å². The average molecular weight is 268 g/mol. The highest BCUT2D eigenvalue weighted by molar-refractivity contribution is 5.78. The molecule has 2 rings (SSSR count). The van der Waals surface area contributed by atoms with Crippen LogP contribution in [0.5, 0.6) is 0 Å². The summed E-state index contributed by atoms with van der Waals surface area (Å²) in [4.78, 5) is 17.0. The van der Waals surface area contributed by atoms with Gasteiger partial charge in [0.2, 0.25) is 5.91 Å². The van der Waals surface area contributed by atoms with E-state index in [9.17, 15) is 4.79 Å². The molecular formula is C14H28N4O. The van der Waals surface area contributed by atoms with E-state index in [0.29, 0.717) is 19.1 Å². The lowest BCUT2D eigenvalue weighted by Crippen LogP contribution is -2.50. The van der Waals surface area contributed by atoms with Gasteiger partial charge in [-0.05, 0) is 52.4 Å². The van der Waals surface area contributed by atoms with E-state index in [1.165, 1.54) is 25.9 Å². The quantitative estimate of drug-likeness (QED) is 0.745. The van der Waals surface area contributed by atoms with Crippen LogP contribution in [0.25, 0.3) is 0 Å². The van der Waals surface area contributed by atoms with Crippen LogP contribution in [-0.2, 0) is 4.79 Å². The van der Waals surface area contributed by atoms with Gasteiger partial charge < -0.3 is 16.0 Å². The van der Waals surface area contributed by atoms with Gasteiger partial charge >= 0.3 is 0 Å². The van der Waals surface area contributed by atoms with Crippen LogP contribution in [-0.4, -0.2) is 68.1 Å². The van der Waals surface area contributed by atoms with E-state index in [1.807, 2.05) is 0 Å². The normalized spacial score (nSPS) is 27.4. The molecule has 0 saturated carbocycles. The molecule has 0 aromatic carbocycles. The van der Waals surface area contributed by atoms with Gasteiger partial charge in [-0.15, -0.1) is 0 Å². The number of likely N-dealkylation sites (tertiary alicyclic amines) is 2. The Labute approximate surface area is 116 Å². The minimum absolute atomic E-state index is 0.167. The Balaban J connectivity index is 1.81. The number of carbonyl (C=O) groups is 1. The highest BCUT2D eigenvalue weighted by Gasteiger charge is 2.30. The Hall–Kier alpha value is -0.650. The van der Waals surface area contributed by atoms with Crippen molar-refractivity contribution in [3.63, 3.8) is 0 Å². The first-order valence-corrected chi connectivity index (χ1v) is 7.61. The smallest absolute Gasteiger partial charge is 0.224 e. The van der Waals surface area contributed by atoms with Crippen LogP contribution in [0, 0.1) is 5.92 Å². The second-order valence-corrected chi connectivity index (χ2v) is 5.95. The van der Waals surface area contributed by atoms with Crippen molar-refractivity contribution < 1.29 is 4.79 Å². The van der Waals surface area contributed by atoms with Crippen molar-refractivity contribution in [1.82, 2.24) is 15.1 Å². The van der Waals surface area contributed by atoms with Crippen molar-refractivity contribution >= 4 is 5.91 Å². The molecule has 2 fully saturated rings. The van der Waals surface area contributed by atoms with Gasteiger partial charge in [0.05, 0.1) is 5.92 Å². The summed E-state index contributed by atoms with van der Waals surface area (Å²) in [5.41, 5.74) is 5.43. The standard InChI is InChI=1S/C14H28N4O/c1-17-9-4-13(5-10-17)18-8-2-3-12(11-18)14(19)16-7-6-15/h12-13H,2-11,15H2,1H3,(H,16,19). The van der Waals surface area contributed by atoms with Crippen LogP contribution in [0.15, 0.2) is 0 Å². The Morgan fingerprint density at radius 3 is 2.68 bits per heavy atom. The van der Waals surface area contributed by atoms with Crippen LogP contribution >= 0.6 is 0 Å². The maximum absolute atomic E-state index is 12.0. The van der Waals surface area contributed by atoms with Crippen LogP contribution in [0.4, 0.5) is 0 Å². The van der Waals surface area contributed by atoms with Gasteiger partial charge in [0, 0.05) is 25.7 Å². The Morgan fingerprint density at radius 2 is 2.00 bits per heavy atom. The highest BCUT2D eigenvalue weighted by atomic mass is 16.1. The summed E-state index contributed by atoms with van der Waals surface area (Å²) in [5, 5.41) is 2.93. The van der Waals surface area contributed by atoms with Crippen molar-refractivity contribution in [3.05, 3.63) is 0 Å². The average Bonchev–Trinajstić information content (AvgIpc) is 2.45. The monoisotopic (exact) mass is 268 g/mol. The fourth-order valence-electron chi connectivity index (χ4n) is 3.25. The Bertz CT molecular complexity index is 289. The topological polar surface area (TPSA) is 61.6 Å². The number of piperidine rings is 2. The molecule has 1 unspecified atom stereocenters. The predicted octanol–water partition coefficient (Wildman–Crippen LogP) is -0.132. The lowest BCUT2D eigenvalue weighted by Gasteiger charge is -2.41. The molecule has 0 spiro atoms. The summed E-state index contributed by atoms with van der Waals surface area (Å²) in [5.74, 6) is 0.364. The van der Waals surface area contributed by atoms with Gasteiger partial charge in [-0.1, -0.05) is 0 Å². The number of hydrogen-bond donors (Lipinski definition) is 2. The van der Waals surface area contributed by atoms with Crippen molar-refractivity contribution in [3.8, 4) is 0 Å². The molecule has 110 valence electrons. The molecule has 0 aliphatic carbocycles. The summed E-state index contributed by atoms with van der Waals surface area (Å²) in [6, 6.07) is 0.682. The molecule has 0 bridgehead atoms. The number of hydrogen-bond acceptors (Lipinski definition) is 4. The summed E-state index contributed by atoms with van der Waals surface area (Å²) in [7, 11) is 2.19. The summed E-state index contributed by atoms with van der Waals surface area (Å²) < 4.78 is 0. The molecule has 2 heterocycles. The molecular weight excluding hydrogens is 240 g/mol. The fourth-order valence-corrected chi connectivity index (χ4v) is 3.25. The van der Waals surface area contributed by atoms with Gasteiger partial charge in [0.1, 0.15) is 0 Å². The van der Waals surface area contributed by atoms with Crippen LogP contribution in [0.1, 0.15) is 25.7 Å². The van der Waals surface area contributed by atoms with Crippen molar-refractivity contribution in [2.75, 3.05) is 46.3 Å². The van der Waals surface area contributed by atoms with E-state index in [-0.39, 0.29) is 11.8 Å². The van der Waals surface area contributed by atoms with E-state index < -0.39 is 0 Å². The maximum Gasteiger partial charge on any atom is 0.224 e. The number of nitrogens with two attached hydrogens (primary N) is 1. The number of carbonyl (C=O) groups excluding carboxylic acids is 1. The van der Waals surface area contributed by atoms with E-state index in [4.69, 9.17) is 5.73 Å². The van der Waals surface area contributed by atoms with E-state index in [1.54, 1.807) is 0 Å². The SMILES string of the molecule is CN1CCC(N2CCCC(C(=O)NCCN)C2)CC1. The molecule has 3 N–H and O–H groups in total. The zero-order valence-electron chi connectivity index (χ0n) is 12.1. The van der Waals surface area contributed by atoms with E-state index in [2.05, 4.69) is 22.2 Å². The first-order valence-electron chi connectivity index (χ1n) is 7.61. The molecule has 2 aliphatic heterocycles. The van der Waals surface area contributed by atoms with Crippen molar-refractivity contribution in [2.45, 2.75) is 31.7 Å². The summed E-state index contributed by atoms with van der Waals surface area (Å²) in [6.07, 6.45) is 4.66. The third-order valence-corrected chi connectivity index (χ3v) is 4.47. The number of rotatable bonds is 4. The lowest BCUT2D eigenvalue weighted by molar-refractivity contribution is -0.127. The third-order valence-electron chi connectivity index (χ3n) is 4.47. The molecule has 0 aromatic heterocycles. The van der Waals surface area contributed by atoms with Gasteiger partial charge in [-0.2, -0.15) is 0 Å². The summed E-state index contributed by atoms with van der Waals surface area (Å²) in [6.45, 7) is 5.59. The number of nitrogens with zero attached hydrogens (tertiary/aromatic N) is 2. The molecule has 2 saturated heterocycles. The first kappa shape index (κ1) is 14.8. The molecule has 1 amide bonds. The van der Waals surface area contributed by atoms with Gasteiger partial charge in [0.25, 0.3) is 0 Å². The zero-order chi connectivity index (χ0) is 13.7. The third kappa shape index (κ3) is 4.16. The number of nitrogens with one attached hydrogen (secondary N) is 1.